The van der Waals surface area contributed by atoms with E-state index in [2.05, 4.69) is 10.3 Å². The summed E-state index contributed by atoms with van der Waals surface area (Å²) in [6.07, 6.45) is 1.71. The van der Waals surface area contributed by atoms with E-state index in [1.807, 2.05) is 18.2 Å². The molecule has 6 nitrogen and oxygen atoms in total. The van der Waals surface area contributed by atoms with Gasteiger partial charge in [-0.1, -0.05) is 5.21 Å². The zero-order chi connectivity index (χ0) is 14.1. The highest BCUT2D eigenvalue weighted by Crippen LogP contribution is 2.27. The van der Waals surface area contributed by atoms with Gasteiger partial charge in [0, 0.05) is 17.4 Å². The number of anilines is 1. The third-order valence-electron chi connectivity index (χ3n) is 2.74. The van der Waals surface area contributed by atoms with Crippen molar-refractivity contribution in [1.82, 2.24) is 15.0 Å². The molecule has 2 N–H and O–H groups in total. The average Bonchev–Trinajstić information content (AvgIpc) is 3.01. The standard InChI is InChI=1S/C13H12N4O2S/c1-17-6-10(15-16-17)7-19-13(18)12-5-8-4-9(14)2-3-11(8)20-12/h2-6H,7,14H2,1H3. The Morgan fingerprint density at radius 1 is 1.45 bits per heavy atom. The maximum atomic E-state index is 12.0. The van der Waals surface area contributed by atoms with Gasteiger partial charge in [-0.25, -0.2) is 4.79 Å². The molecule has 0 aliphatic carbocycles. The summed E-state index contributed by atoms with van der Waals surface area (Å²) in [4.78, 5) is 12.5. The van der Waals surface area contributed by atoms with Crippen molar-refractivity contribution in [2.24, 2.45) is 7.05 Å². The second-order valence-corrected chi connectivity index (χ2v) is 5.45. The van der Waals surface area contributed by atoms with Crippen LogP contribution in [-0.2, 0) is 18.4 Å². The first-order valence-corrected chi connectivity index (χ1v) is 6.75. The van der Waals surface area contributed by atoms with Gasteiger partial charge in [0.25, 0.3) is 0 Å². The number of nitrogen functional groups attached to an aromatic ring is 1. The number of benzene rings is 1. The normalized spacial score (nSPS) is 10.8. The van der Waals surface area contributed by atoms with Crippen LogP contribution < -0.4 is 5.73 Å². The number of carbonyl (C=O) groups is 1. The Hall–Kier alpha value is -2.41. The Kier molecular flexibility index (Phi) is 3.11. The van der Waals surface area contributed by atoms with Crippen molar-refractivity contribution < 1.29 is 9.53 Å². The van der Waals surface area contributed by atoms with Gasteiger partial charge in [0.1, 0.15) is 17.2 Å². The molecule has 3 aromatic rings. The van der Waals surface area contributed by atoms with Crippen molar-refractivity contribution in [1.29, 1.82) is 0 Å². The zero-order valence-corrected chi connectivity index (χ0v) is 11.6. The Balaban J connectivity index is 1.75. The molecule has 3 rings (SSSR count). The summed E-state index contributed by atoms with van der Waals surface area (Å²) >= 11 is 1.38. The first kappa shape index (κ1) is 12.6. The molecule has 0 saturated carbocycles. The Morgan fingerprint density at radius 3 is 3.05 bits per heavy atom. The van der Waals surface area contributed by atoms with Gasteiger partial charge in [0.05, 0.1) is 6.20 Å². The third kappa shape index (κ3) is 2.48. The molecule has 0 radical (unpaired) electrons. The molecule has 2 aromatic heterocycles. The first-order valence-electron chi connectivity index (χ1n) is 5.93. The summed E-state index contributed by atoms with van der Waals surface area (Å²) < 4.78 is 7.78. The van der Waals surface area contributed by atoms with Crippen LogP contribution in [0.3, 0.4) is 0 Å². The Labute approximate surface area is 118 Å². The topological polar surface area (TPSA) is 83.0 Å². The molecule has 0 fully saturated rings. The van der Waals surface area contributed by atoms with Gasteiger partial charge < -0.3 is 10.5 Å². The van der Waals surface area contributed by atoms with Crippen molar-refractivity contribution in [3.63, 3.8) is 0 Å². The molecule has 0 amide bonds. The predicted octanol–water partition coefficient (Wildman–Crippen LogP) is 1.97. The number of aromatic nitrogens is 3. The molecule has 0 aliphatic rings. The predicted molar refractivity (Wildman–Crippen MR) is 76.4 cm³/mol. The lowest BCUT2D eigenvalue weighted by atomic mass is 10.2. The van der Waals surface area contributed by atoms with Gasteiger partial charge in [-0.15, -0.1) is 16.4 Å². The van der Waals surface area contributed by atoms with Crippen molar-refractivity contribution in [3.8, 4) is 0 Å². The van der Waals surface area contributed by atoms with Crippen LogP contribution in [0, 0.1) is 0 Å². The number of thiophene rings is 1. The number of fused-ring (bicyclic) bond motifs is 1. The van der Waals surface area contributed by atoms with Gasteiger partial charge in [0.15, 0.2) is 0 Å². The highest BCUT2D eigenvalue weighted by atomic mass is 32.1. The minimum Gasteiger partial charge on any atom is -0.455 e. The molecular weight excluding hydrogens is 276 g/mol. The zero-order valence-electron chi connectivity index (χ0n) is 10.7. The molecule has 7 heteroatoms. The molecule has 0 saturated heterocycles. The molecular formula is C13H12N4O2S. The van der Waals surface area contributed by atoms with E-state index in [1.165, 1.54) is 11.3 Å². The number of hydrogen-bond donors (Lipinski definition) is 1. The highest BCUT2D eigenvalue weighted by Gasteiger charge is 2.12. The minimum atomic E-state index is -0.365. The van der Waals surface area contributed by atoms with Crippen molar-refractivity contribution >= 4 is 33.1 Å². The van der Waals surface area contributed by atoms with E-state index in [0.717, 1.165) is 10.1 Å². The molecule has 0 spiro atoms. The summed E-state index contributed by atoms with van der Waals surface area (Å²) in [5, 5.41) is 8.58. The summed E-state index contributed by atoms with van der Waals surface area (Å²) in [6.45, 7) is 0.114. The second kappa shape index (κ2) is 4.93. The molecule has 2 heterocycles. The van der Waals surface area contributed by atoms with Gasteiger partial charge in [-0.3, -0.25) is 4.68 Å². The summed E-state index contributed by atoms with van der Waals surface area (Å²) in [7, 11) is 1.76. The van der Waals surface area contributed by atoms with Crippen molar-refractivity contribution in [3.05, 3.63) is 41.0 Å². The third-order valence-corrected chi connectivity index (χ3v) is 3.84. The fraction of sp³-hybridized carbons (Fsp3) is 0.154. The van der Waals surface area contributed by atoms with Gasteiger partial charge in [-0.05, 0) is 29.7 Å². The number of esters is 1. The molecule has 0 aliphatic heterocycles. The number of aryl methyl sites for hydroxylation is 1. The van der Waals surface area contributed by atoms with Crippen LogP contribution >= 0.6 is 11.3 Å². The van der Waals surface area contributed by atoms with Crippen LogP contribution in [0.2, 0.25) is 0 Å². The van der Waals surface area contributed by atoms with E-state index in [4.69, 9.17) is 10.5 Å². The fourth-order valence-corrected chi connectivity index (χ4v) is 2.77. The number of carbonyl (C=O) groups excluding carboxylic acids is 1. The minimum absolute atomic E-state index is 0.114. The van der Waals surface area contributed by atoms with E-state index >= 15 is 0 Å². The summed E-state index contributed by atoms with van der Waals surface area (Å²) in [5.41, 5.74) is 7.01. The maximum absolute atomic E-state index is 12.0. The lowest BCUT2D eigenvalue weighted by Gasteiger charge is -1.98. The monoisotopic (exact) mass is 288 g/mol. The number of ether oxygens (including phenoxy) is 1. The molecule has 1 aromatic carbocycles. The highest BCUT2D eigenvalue weighted by molar-refractivity contribution is 7.20. The van der Waals surface area contributed by atoms with Crippen LogP contribution in [0.5, 0.6) is 0 Å². The molecule has 20 heavy (non-hydrogen) atoms. The van der Waals surface area contributed by atoms with Crippen LogP contribution in [0.25, 0.3) is 10.1 Å². The van der Waals surface area contributed by atoms with E-state index in [0.29, 0.717) is 16.3 Å². The molecule has 0 atom stereocenters. The second-order valence-electron chi connectivity index (χ2n) is 4.37. The van der Waals surface area contributed by atoms with Gasteiger partial charge in [0.2, 0.25) is 0 Å². The lowest BCUT2D eigenvalue weighted by Crippen LogP contribution is -2.03. The first-order chi connectivity index (χ1) is 9.61. The Bertz CT molecular complexity index is 778. The van der Waals surface area contributed by atoms with Crippen LogP contribution in [0.4, 0.5) is 5.69 Å². The SMILES string of the molecule is Cn1cc(COC(=O)c2cc3cc(N)ccc3s2)nn1. The molecule has 102 valence electrons. The van der Waals surface area contributed by atoms with Gasteiger partial charge >= 0.3 is 5.97 Å². The summed E-state index contributed by atoms with van der Waals surface area (Å²) in [5.74, 6) is -0.365. The van der Waals surface area contributed by atoms with E-state index < -0.39 is 0 Å². The number of hydrogen-bond acceptors (Lipinski definition) is 6. The number of nitrogens with zero attached hydrogens (tertiary/aromatic N) is 3. The Morgan fingerprint density at radius 2 is 2.30 bits per heavy atom. The summed E-state index contributed by atoms with van der Waals surface area (Å²) in [6, 6.07) is 7.34. The van der Waals surface area contributed by atoms with E-state index in [9.17, 15) is 4.79 Å². The quantitative estimate of drug-likeness (QED) is 0.588. The van der Waals surface area contributed by atoms with E-state index in [-0.39, 0.29) is 12.6 Å². The van der Waals surface area contributed by atoms with Crippen LogP contribution in [0.1, 0.15) is 15.4 Å². The number of nitrogens with two attached hydrogens (primary N) is 1. The molecule has 0 unspecified atom stereocenters. The van der Waals surface area contributed by atoms with Gasteiger partial charge in [-0.2, -0.15) is 0 Å². The number of rotatable bonds is 3. The van der Waals surface area contributed by atoms with Crippen LogP contribution in [0.15, 0.2) is 30.5 Å². The van der Waals surface area contributed by atoms with E-state index in [1.54, 1.807) is 24.0 Å². The molecule has 0 bridgehead atoms. The maximum Gasteiger partial charge on any atom is 0.348 e. The lowest BCUT2D eigenvalue weighted by molar-refractivity contribution is 0.0473. The average molecular weight is 288 g/mol. The largest absolute Gasteiger partial charge is 0.455 e. The smallest absolute Gasteiger partial charge is 0.348 e. The van der Waals surface area contributed by atoms with Crippen LogP contribution in [-0.4, -0.2) is 21.0 Å². The van der Waals surface area contributed by atoms with Crippen molar-refractivity contribution in [2.45, 2.75) is 6.61 Å². The fourth-order valence-electron chi connectivity index (χ4n) is 1.83. The van der Waals surface area contributed by atoms with Crippen molar-refractivity contribution in [2.75, 3.05) is 5.73 Å².